The van der Waals surface area contributed by atoms with Crippen LogP contribution in [0.3, 0.4) is 0 Å². The average molecular weight is 236 g/mol. The molecule has 17 heavy (non-hydrogen) atoms. The largest absolute Gasteiger partial charge is 0.311 e. The van der Waals surface area contributed by atoms with Crippen LogP contribution in [0.4, 0.5) is 0 Å². The molecule has 2 saturated carbocycles. The molecule has 98 valence electrons. The maximum absolute atomic E-state index is 3.85. The summed E-state index contributed by atoms with van der Waals surface area (Å²) in [5, 5.41) is 3.85. The zero-order chi connectivity index (χ0) is 12.0. The minimum absolute atomic E-state index is 0.454. The first-order valence-corrected chi connectivity index (χ1v) is 7.58. The van der Waals surface area contributed by atoms with Crippen LogP contribution in [0.2, 0.25) is 0 Å². The highest BCUT2D eigenvalue weighted by molar-refractivity contribution is 5.06. The maximum Gasteiger partial charge on any atom is 0.0334 e. The summed E-state index contributed by atoms with van der Waals surface area (Å²) in [6, 6.07) is 0.792. The van der Waals surface area contributed by atoms with Crippen molar-refractivity contribution in [1.29, 1.82) is 0 Å². The van der Waals surface area contributed by atoms with Crippen molar-refractivity contribution in [3.05, 3.63) is 0 Å². The van der Waals surface area contributed by atoms with Gasteiger partial charge in [0.1, 0.15) is 0 Å². The molecule has 1 aliphatic heterocycles. The van der Waals surface area contributed by atoms with Crippen molar-refractivity contribution in [3.8, 4) is 0 Å². The zero-order valence-corrected chi connectivity index (χ0v) is 11.7. The first kappa shape index (κ1) is 12.0. The van der Waals surface area contributed by atoms with Gasteiger partial charge in [-0.25, -0.2) is 0 Å². The molecule has 1 N–H and O–H groups in total. The van der Waals surface area contributed by atoms with E-state index >= 15 is 0 Å². The van der Waals surface area contributed by atoms with Gasteiger partial charge in [-0.05, 0) is 50.4 Å². The molecule has 3 aliphatic rings. The summed E-state index contributed by atoms with van der Waals surface area (Å²) in [6.07, 6.45) is 5.85. The number of piperazine rings is 1. The van der Waals surface area contributed by atoms with Crippen molar-refractivity contribution in [3.63, 3.8) is 0 Å². The van der Waals surface area contributed by atoms with Gasteiger partial charge in [0, 0.05) is 31.2 Å². The lowest BCUT2D eigenvalue weighted by atomic mass is 9.88. The molecule has 2 nitrogen and oxygen atoms in total. The molecule has 0 aromatic heterocycles. The van der Waals surface area contributed by atoms with E-state index in [1.54, 1.807) is 0 Å². The second-order valence-corrected chi connectivity index (χ2v) is 7.26. The van der Waals surface area contributed by atoms with Crippen molar-refractivity contribution in [2.45, 2.75) is 58.0 Å². The standard InChI is InChI=1S/C15H28N2/c1-11(2)8-17-9-14(12-4-5-12)16-10-15(17,3)13-6-7-13/h11-14,16H,4-10H2,1-3H3. The fourth-order valence-electron chi connectivity index (χ4n) is 3.61. The number of rotatable bonds is 4. The SMILES string of the molecule is CC(C)CN1CC(C2CC2)NCC1(C)C1CC1. The first-order valence-electron chi connectivity index (χ1n) is 7.58. The number of hydrogen-bond donors (Lipinski definition) is 1. The van der Waals surface area contributed by atoms with Crippen LogP contribution < -0.4 is 5.32 Å². The third kappa shape index (κ3) is 2.39. The van der Waals surface area contributed by atoms with Gasteiger partial charge in [0.2, 0.25) is 0 Å². The predicted octanol–water partition coefficient (Wildman–Crippen LogP) is 2.49. The maximum atomic E-state index is 3.85. The third-order valence-corrected chi connectivity index (χ3v) is 5.10. The van der Waals surface area contributed by atoms with E-state index in [1.807, 2.05) is 0 Å². The zero-order valence-electron chi connectivity index (χ0n) is 11.7. The lowest BCUT2D eigenvalue weighted by Gasteiger charge is -2.49. The molecule has 2 unspecified atom stereocenters. The van der Waals surface area contributed by atoms with E-state index in [2.05, 4.69) is 31.0 Å². The predicted molar refractivity (Wildman–Crippen MR) is 72.1 cm³/mol. The minimum atomic E-state index is 0.454. The summed E-state index contributed by atoms with van der Waals surface area (Å²) < 4.78 is 0. The van der Waals surface area contributed by atoms with Crippen LogP contribution in [0.1, 0.15) is 46.5 Å². The smallest absolute Gasteiger partial charge is 0.0334 e. The van der Waals surface area contributed by atoms with Crippen LogP contribution in [0.5, 0.6) is 0 Å². The van der Waals surface area contributed by atoms with E-state index in [0.717, 1.165) is 23.8 Å². The van der Waals surface area contributed by atoms with Crippen molar-refractivity contribution < 1.29 is 0 Å². The molecule has 0 aromatic rings. The monoisotopic (exact) mass is 236 g/mol. The molecule has 0 bridgehead atoms. The van der Waals surface area contributed by atoms with E-state index < -0.39 is 0 Å². The lowest BCUT2D eigenvalue weighted by molar-refractivity contribution is 0.0213. The van der Waals surface area contributed by atoms with Crippen LogP contribution in [0, 0.1) is 17.8 Å². The molecule has 3 fully saturated rings. The van der Waals surface area contributed by atoms with Gasteiger partial charge in [0.15, 0.2) is 0 Å². The van der Waals surface area contributed by atoms with Crippen LogP contribution in [0.15, 0.2) is 0 Å². The molecular formula is C15H28N2. The fourth-order valence-corrected chi connectivity index (χ4v) is 3.61. The normalized spacial score (nSPS) is 39.9. The molecular weight excluding hydrogens is 208 g/mol. The second-order valence-electron chi connectivity index (χ2n) is 7.26. The van der Waals surface area contributed by atoms with Crippen LogP contribution in [-0.2, 0) is 0 Å². The molecule has 1 saturated heterocycles. The highest BCUT2D eigenvalue weighted by Crippen LogP contribution is 2.45. The van der Waals surface area contributed by atoms with Gasteiger partial charge in [0.25, 0.3) is 0 Å². The van der Waals surface area contributed by atoms with Gasteiger partial charge in [-0.2, -0.15) is 0 Å². The van der Waals surface area contributed by atoms with Crippen molar-refractivity contribution in [2.24, 2.45) is 17.8 Å². The quantitative estimate of drug-likeness (QED) is 0.807. The number of nitrogens with zero attached hydrogens (tertiary/aromatic N) is 1. The minimum Gasteiger partial charge on any atom is -0.311 e. The van der Waals surface area contributed by atoms with Gasteiger partial charge in [-0.1, -0.05) is 13.8 Å². The van der Waals surface area contributed by atoms with Crippen LogP contribution >= 0.6 is 0 Å². The Bertz CT molecular complexity index is 281. The summed E-state index contributed by atoms with van der Waals surface area (Å²) in [5.41, 5.74) is 0.454. The third-order valence-electron chi connectivity index (χ3n) is 5.10. The molecule has 2 atom stereocenters. The van der Waals surface area contributed by atoms with Crippen molar-refractivity contribution in [2.75, 3.05) is 19.6 Å². The van der Waals surface area contributed by atoms with Crippen molar-refractivity contribution in [1.82, 2.24) is 10.2 Å². The summed E-state index contributed by atoms with van der Waals surface area (Å²) >= 11 is 0. The Labute approximate surface area is 106 Å². The molecule has 0 spiro atoms. The molecule has 2 aliphatic carbocycles. The highest BCUT2D eigenvalue weighted by Gasteiger charge is 2.49. The van der Waals surface area contributed by atoms with E-state index in [-0.39, 0.29) is 0 Å². The summed E-state index contributed by atoms with van der Waals surface area (Å²) in [4.78, 5) is 2.83. The molecule has 0 amide bonds. The summed E-state index contributed by atoms with van der Waals surface area (Å²) in [7, 11) is 0. The Balaban J connectivity index is 1.70. The van der Waals surface area contributed by atoms with Crippen LogP contribution in [0.25, 0.3) is 0 Å². The molecule has 3 rings (SSSR count). The average Bonchev–Trinajstić information content (AvgIpc) is 3.15. The van der Waals surface area contributed by atoms with Gasteiger partial charge in [0.05, 0.1) is 0 Å². The molecule has 2 heteroatoms. The lowest BCUT2D eigenvalue weighted by Crippen LogP contribution is -2.65. The first-order chi connectivity index (χ1) is 8.09. The molecule has 1 heterocycles. The number of nitrogens with one attached hydrogen (secondary N) is 1. The van der Waals surface area contributed by atoms with Crippen molar-refractivity contribution >= 4 is 0 Å². The topological polar surface area (TPSA) is 15.3 Å². The summed E-state index contributed by atoms with van der Waals surface area (Å²) in [5.74, 6) is 2.76. The molecule has 0 aromatic carbocycles. The Morgan fingerprint density at radius 3 is 2.47 bits per heavy atom. The van der Waals surface area contributed by atoms with E-state index in [4.69, 9.17) is 0 Å². The Kier molecular flexibility index (Phi) is 2.99. The fraction of sp³-hybridized carbons (Fsp3) is 1.00. The number of hydrogen-bond acceptors (Lipinski definition) is 2. The Morgan fingerprint density at radius 2 is 1.94 bits per heavy atom. The van der Waals surface area contributed by atoms with Gasteiger partial charge in [-0.15, -0.1) is 0 Å². The van der Waals surface area contributed by atoms with E-state index in [0.29, 0.717) is 5.54 Å². The van der Waals surface area contributed by atoms with E-state index in [9.17, 15) is 0 Å². The van der Waals surface area contributed by atoms with Gasteiger partial charge >= 0.3 is 0 Å². The molecule has 0 radical (unpaired) electrons. The van der Waals surface area contributed by atoms with Gasteiger partial charge in [-0.3, -0.25) is 4.90 Å². The summed E-state index contributed by atoms with van der Waals surface area (Å²) in [6.45, 7) is 11.0. The Hall–Kier alpha value is -0.0800. The highest BCUT2D eigenvalue weighted by atomic mass is 15.3. The van der Waals surface area contributed by atoms with Crippen LogP contribution in [-0.4, -0.2) is 36.1 Å². The second kappa shape index (κ2) is 4.24. The van der Waals surface area contributed by atoms with E-state index in [1.165, 1.54) is 45.3 Å². The van der Waals surface area contributed by atoms with Gasteiger partial charge < -0.3 is 5.32 Å². The Morgan fingerprint density at radius 1 is 1.24 bits per heavy atom.